The van der Waals surface area contributed by atoms with Gasteiger partial charge in [-0.3, -0.25) is 9.20 Å². The van der Waals surface area contributed by atoms with E-state index >= 15 is 0 Å². The van der Waals surface area contributed by atoms with Gasteiger partial charge in [-0.2, -0.15) is 0 Å². The Morgan fingerprint density at radius 2 is 2.13 bits per heavy atom. The summed E-state index contributed by atoms with van der Waals surface area (Å²) in [6.07, 6.45) is 5.13. The molecule has 0 unspecified atom stereocenters. The van der Waals surface area contributed by atoms with Crippen LogP contribution in [0.4, 0.5) is 5.82 Å². The zero-order valence-corrected chi connectivity index (χ0v) is 14.3. The minimum Gasteiger partial charge on any atom is -0.381 e. The van der Waals surface area contributed by atoms with Crippen molar-refractivity contribution >= 4 is 11.5 Å². The summed E-state index contributed by atoms with van der Waals surface area (Å²) >= 11 is 0. The molecular weight excluding hydrogens is 290 g/mol. The lowest BCUT2D eigenvalue weighted by Gasteiger charge is -2.58. The molecule has 0 N–H and O–H groups in total. The van der Waals surface area contributed by atoms with E-state index in [1.165, 1.54) is 0 Å². The first-order valence-electron chi connectivity index (χ1n) is 8.31. The third kappa shape index (κ3) is 2.34. The van der Waals surface area contributed by atoms with Crippen LogP contribution in [0, 0.1) is 5.41 Å². The molecule has 2 atom stereocenters. The average molecular weight is 315 g/mol. The summed E-state index contributed by atoms with van der Waals surface area (Å²) in [5.74, 6) is 0.743. The molecule has 0 radical (unpaired) electrons. The standard InChI is InChI=1S/C18H25N3O2/c1-5-18(6-2)13(11-14(18)23-4)20(3)16-12-17(22)21-10-8-7-9-15(21)19-16/h7-10,12-14H,5-6,11H2,1-4H3/t13-,14+/m0/s1. The number of hydrogen-bond acceptors (Lipinski definition) is 4. The molecule has 0 amide bonds. The Labute approximate surface area is 136 Å². The van der Waals surface area contributed by atoms with E-state index in [0.29, 0.717) is 11.7 Å². The first kappa shape index (κ1) is 16.0. The van der Waals surface area contributed by atoms with Gasteiger partial charge in [-0.25, -0.2) is 4.98 Å². The smallest absolute Gasteiger partial charge is 0.259 e. The first-order chi connectivity index (χ1) is 11.1. The largest absolute Gasteiger partial charge is 0.381 e. The number of ether oxygens (including phenoxy) is 1. The second-order valence-corrected chi connectivity index (χ2v) is 6.41. The maximum absolute atomic E-state index is 12.3. The summed E-state index contributed by atoms with van der Waals surface area (Å²) < 4.78 is 7.25. The van der Waals surface area contributed by atoms with Crippen molar-refractivity contribution in [3.05, 3.63) is 40.8 Å². The third-order valence-electron chi connectivity index (χ3n) is 5.73. The summed E-state index contributed by atoms with van der Waals surface area (Å²) in [7, 11) is 3.83. The highest BCUT2D eigenvalue weighted by atomic mass is 16.5. The van der Waals surface area contributed by atoms with Crippen LogP contribution in [-0.4, -0.2) is 35.7 Å². The van der Waals surface area contributed by atoms with E-state index in [2.05, 4.69) is 23.7 Å². The summed E-state index contributed by atoms with van der Waals surface area (Å²) in [5.41, 5.74) is 0.772. The number of aromatic nitrogens is 2. The van der Waals surface area contributed by atoms with Gasteiger partial charge in [0.15, 0.2) is 0 Å². The second-order valence-electron chi connectivity index (χ2n) is 6.41. The topological polar surface area (TPSA) is 46.8 Å². The number of fused-ring (bicyclic) bond motifs is 1. The number of methoxy groups -OCH3 is 1. The van der Waals surface area contributed by atoms with Crippen molar-refractivity contribution in [2.24, 2.45) is 5.41 Å². The van der Waals surface area contributed by atoms with Crippen molar-refractivity contribution in [1.82, 2.24) is 9.38 Å². The van der Waals surface area contributed by atoms with Gasteiger partial charge in [-0.1, -0.05) is 19.9 Å². The van der Waals surface area contributed by atoms with Gasteiger partial charge in [0.05, 0.1) is 6.10 Å². The minimum atomic E-state index is -0.0429. The number of rotatable bonds is 5. The highest BCUT2D eigenvalue weighted by Gasteiger charge is 2.55. The minimum absolute atomic E-state index is 0.0429. The Morgan fingerprint density at radius 3 is 2.78 bits per heavy atom. The lowest BCUT2D eigenvalue weighted by Crippen LogP contribution is -2.63. The Hall–Kier alpha value is -1.88. The Kier molecular flexibility index (Phi) is 4.15. The highest BCUT2D eigenvalue weighted by molar-refractivity contribution is 5.49. The molecule has 0 spiro atoms. The summed E-state index contributed by atoms with van der Waals surface area (Å²) in [4.78, 5) is 19.2. The predicted octanol–water partition coefficient (Wildman–Crippen LogP) is 2.72. The van der Waals surface area contributed by atoms with Gasteiger partial charge in [0, 0.05) is 37.9 Å². The summed E-state index contributed by atoms with van der Waals surface area (Å²) in [6.45, 7) is 4.44. The van der Waals surface area contributed by atoms with Crippen LogP contribution in [0.3, 0.4) is 0 Å². The normalized spacial score (nSPS) is 22.8. The van der Waals surface area contributed by atoms with Crippen LogP contribution in [0.25, 0.3) is 5.65 Å². The molecule has 1 aliphatic rings. The molecule has 124 valence electrons. The van der Waals surface area contributed by atoms with Crippen molar-refractivity contribution in [1.29, 1.82) is 0 Å². The zero-order chi connectivity index (χ0) is 16.6. The Bertz CT molecular complexity index is 751. The zero-order valence-electron chi connectivity index (χ0n) is 14.3. The van der Waals surface area contributed by atoms with Gasteiger partial charge in [-0.05, 0) is 31.4 Å². The van der Waals surface area contributed by atoms with E-state index in [1.807, 2.05) is 25.2 Å². The van der Waals surface area contributed by atoms with Gasteiger partial charge < -0.3 is 9.64 Å². The van der Waals surface area contributed by atoms with Crippen LogP contribution in [0.5, 0.6) is 0 Å². The van der Waals surface area contributed by atoms with Crippen molar-refractivity contribution in [2.75, 3.05) is 19.1 Å². The van der Waals surface area contributed by atoms with Crippen molar-refractivity contribution in [2.45, 2.75) is 45.3 Å². The molecular formula is C18H25N3O2. The van der Waals surface area contributed by atoms with E-state index in [-0.39, 0.29) is 17.1 Å². The number of anilines is 1. The number of hydrogen-bond donors (Lipinski definition) is 0. The molecule has 1 fully saturated rings. The van der Waals surface area contributed by atoms with Gasteiger partial charge in [0.25, 0.3) is 5.56 Å². The molecule has 0 aliphatic heterocycles. The quantitative estimate of drug-likeness (QED) is 0.851. The summed E-state index contributed by atoms with van der Waals surface area (Å²) in [6, 6.07) is 7.58. The lowest BCUT2D eigenvalue weighted by atomic mass is 9.58. The van der Waals surface area contributed by atoms with Crippen LogP contribution in [0.1, 0.15) is 33.1 Å². The molecule has 3 rings (SSSR count). The highest BCUT2D eigenvalue weighted by Crippen LogP contribution is 2.51. The molecule has 1 aliphatic carbocycles. The van der Waals surface area contributed by atoms with Crippen molar-refractivity contribution in [3.8, 4) is 0 Å². The van der Waals surface area contributed by atoms with E-state index in [4.69, 9.17) is 4.74 Å². The fourth-order valence-corrected chi connectivity index (χ4v) is 4.16. The molecule has 23 heavy (non-hydrogen) atoms. The Balaban J connectivity index is 1.98. The fraction of sp³-hybridized carbons (Fsp3) is 0.556. The first-order valence-corrected chi connectivity index (χ1v) is 8.31. The van der Waals surface area contributed by atoms with E-state index in [9.17, 15) is 4.79 Å². The van der Waals surface area contributed by atoms with E-state index in [0.717, 1.165) is 25.1 Å². The molecule has 2 aromatic rings. The molecule has 5 nitrogen and oxygen atoms in total. The van der Waals surface area contributed by atoms with E-state index in [1.54, 1.807) is 23.8 Å². The second kappa shape index (κ2) is 5.96. The molecule has 2 aromatic heterocycles. The molecule has 1 saturated carbocycles. The fourth-order valence-electron chi connectivity index (χ4n) is 4.16. The molecule has 5 heteroatoms. The van der Waals surface area contributed by atoms with Crippen LogP contribution >= 0.6 is 0 Å². The third-order valence-corrected chi connectivity index (χ3v) is 5.73. The Morgan fingerprint density at radius 1 is 1.39 bits per heavy atom. The average Bonchev–Trinajstić information content (AvgIpc) is 2.55. The van der Waals surface area contributed by atoms with Crippen molar-refractivity contribution < 1.29 is 4.74 Å². The van der Waals surface area contributed by atoms with Gasteiger partial charge in [0.1, 0.15) is 11.5 Å². The number of nitrogens with zero attached hydrogens (tertiary/aromatic N) is 3. The van der Waals surface area contributed by atoms with Crippen LogP contribution < -0.4 is 10.5 Å². The molecule has 0 saturated heterocycles. The molecule has 0 bridgehead atoms. The maximum atomic E-state index is 12.3. The summed E-state index contributed by atoms with van der Waals surface area (Å²) in [5, 5.41) is 0. The van der Waals surface area contributed by atoms with Crippen LogP contribution in [0.2, 0.25) is 0 Å². The van der Waals surface area contributed by atoms with Crippen molar-refractivity contribution in [3.63, 3.8) is 0 Å². The van der Waals surface area contributed by atoms with E-state index < -0.39 is 0 Å². The van der Waals surface area contributed by atoms with Crippen LogP contribution in [-0.2, 0) is 4.74 Å². The molecule has 0 aromatic carbocycles. The van der Waals surface area contributed by atoms with Gasteiger partial charge >= 0.3 is 0 Å². The van der Waals surface area contributed by atoms with Gasteiger partial charge in [0.2, 0.25) is 0 Å². The van der Waals surface area contributed by atoms with Gasteiger partial charge in [-0.15, -0.1) is 0 Å². The maximum Gasteiger partial charge on any atom is 0.259 e. The monoisotopic (exact) mass is 315 g/mol. The molecule has 2 heterocycles. The number of pyridine rings is 1. The van der Waals surface area contributed by atoms with Crippen LogP contribution in [0.15, 0.2) is 35.3 Å². The predicted molar refractivity (Wildman–Crippen MR) is 92.1 cm³/mol. The lowest BCUT2D eigenvalue weighted by molar-refractivity contribution is -0.113. The SMILES string of the molecule is CCC1(CC)[C@@H](N(C)c2cc(=O)n3ccccc3n2)C[C@H]1OC.